The fraction of sp³-hybridized carbons (Fsp3) is 0.375. The second-order valence-corrected chi connectivity index (χ2v) is 3.47. The lowest BCUT2D eigenvalue weighted by molar-refractivity contribution is -0.0268. The highest BCUT2D eigenvalue weighted by Gasteiger charge is 2.35. The predicted octanol–water partition coefficient (Wildman–Crippen LogP) is 2.86. The molecule has 78 valence electrons. The molecule has 1 aromatic heterocycles. The van der Waals surface area contributed by atoms with E-state index in [0.717, 1.165) is 12.4 Å². The van der Waals surface area contributed by atoms with Crippen molar-refractivity contribution >= 4 is 23.2 Å². The Balaban J connectivity index is 3.17. The number of aliphatic hydroxyl groups is 1. The van der Waals surface area contributed by atoms with Crippen LogP contribution in [-0.4, -0.2) is 16.7 Å². The number of nitrogens with zero attached hydrogens (tertiary/aromatic N) is 1. The molecule has 0 bridgehead atoms. The molecular weight excluding hydrogens is 235 g/mol. The molecule has 2 nitrogen and oxygen atoms in total. The summed E-state index contributed by atoms with van der Waals surface area (Å²) in [6.07, 6.45) is 1.47. The molecule has 0 aromatic carbocycles. The summed E-state index contributed by atoms with van der Waals surface area (Å²) < 4.78 is 26.6. The van der Waals surface area contributed by atoms with Crippen molar-refractivity contribution in [1.29, 1.82) is 0 Å². The summed E-state index contributed by atoms with van der Waals surface area (Å²) in [6.45, 7) is -0.637. The number of aliphatic hydroxyl groups excluding tert-OH is 1. The van der Waals surface area contributed by atoms with E-state index in [-0.39, 0.29) is 10.0 Å². The molecule has 14 heavy (non-hydrogen) atoms. The number of rotatable bonds is 3. The first kappa shape index (κ1) is 11.6. The van der Waals surface area contributed by atoms with Crippen molar-refractivity contribution in [2.24, 2.45) is 0 Å². The van der Waals surface area contributed by atoms with E-state index >= 15 is 0 Å². The maximum absolute atomic E-state index is 13.3. The molecule has 6 heteroatoms. The number of hydrogen-bond acceptors (Lipinski definition) is 2. The van der Waals surface area contributed by atoms with Gasteiger partial charge in [-0.3, -0.25) is 4.98 Å². The van der Waals surface area contributed by atoms with Crippen molar-refractivity contribution in [3.8, 4) is 0 Å². The standard InChI is InChI=1S/C8H7Cl2F2NO/c9-5-3-13-4-6(10)7(5)8(11,12)1-2-14/h3-4,14H,1-2H2. The van der Waals surface area contributed by atoms with Gasteiger partial charge in [0.15, 0.2) is 0 Å². The second kappa shape index (κ2) is 4.38. The van der Waals surface area contributed by atoms with Gasteiger partial charge < -0.3 is 5.11 Å². The Bertz CT molecular complexity index is 313. The molecule has 0 amide bonds. The Morgan fingerprint density at radius 3 is 2.21 bits per heavy atom. The highest BCUT2D eigenvalue weighted by atomic mass is 35.5. The van der Waals surface area contributed by atoms with Crippen molar-refractivity contribution < 1.29 is 13.9 Å². The fourth-order valence-electron chi connectivity index (χ4n) is 1.03. The van der Waals surface area contributed by atoms with Crippen LogP contribution in [0, 0.1) is 0 Å². The zero-order chi connectivity index (χ0) is 10.8. The lowest BCUT2D eigenvalue weighted by Gasteiger charge is -2.17. The number of aromatic nitrogens is 1. The van der Waals surface area contributed by atoms with Crippen LogP contribution >= 0.6 is 23.2 Å². The van der Waals surface area contributed by atoms with E-state index in [4.69, 9.17) is 28.3 Å². The zero-order valence-electron chi connectivity index (χ0n) is 6.98. The van der Waals surface area contributed by atoms with Crippen LogP contribution in [0.4, 0.5) is 8.78 Å². The van der Waals surface area contributed by atoms with Gasteiger partial charge in [0.1, 0.15) is 0 Å². The van der Waals surface area contributed by atoms with E-state index in [1.165, 1.54) is 0 Å². The number of alkyl halides is 2. The summed E-state index contributed by atoms with van der Waals surface area (Å²) in [5.74, 6) is -3.23. The van der Waals surface area contributed by atoms with Gasteiger partial charge in [-0.15, -0.1) is 0 Å². The van der Waals surface area contributed by atoms with E-state index in [0.29, 0.717) is 0 Å². The van der Waals surface area contributed by atoms with Gasteiger partial charge in [-0.2, -0.15) is 0 Å². The molecule has 1 N–H and O–H groups in total. The van der Waals surface area contributed by atoms with Crippen molar-refractivity contribution in [2.75, 3.05) is 6.61 Å². The van der Waals surface area contributed by atoms with Crippen LogP contribution in [0.5, 0.6) is 0 Å². The molecule has 0 aliphatic heterocycles. The van der Waals surface area contributed by atoms with Gasteiger partial charge in [-0.1, -0.05) is 23.2 Å². The molecule has 0 unspecified atom stereocenters. The minimum absolute atomic E-state index is 0.198. The quantitative estimate of drug-likeness (QED) is 0.883. The summed E-state index contributed by atoms with van der Waals surface area (Å²) >= 11 is 11.1. The average Bonchev–Trinajstić information content (AvgIpc) is 2.02. The van der Waals surface area contributed by atoms with Crippen LogP contribution in [-0.2, 0) is 5.92 Å². The molecule has 0 atom stereocenters. The normalized spacial score (nSPS) is 11.8. The molecule has 0 spiro atoms. The fourth-order valence-corrected chi connectivity index (χ4v) is 1.67. The highest BCUT2D eigenvalue weighted by Crippen LogP contribution is 2.39. The zero-order valence-corrected chi connectivity index (χ0v) is 8.49. The Kier molecular flexibility index (Phi) is 3.64. The molecular formula is C8H7Cl2F2NO. The topological polar surface area (TPSA) is 33.1 Å². The number of hydrogen-bond donors (Lipinski definition) is 1. The van der Waals surface area contributed by atoms with Gasteiger partial charge >= 0.3 is 0 Å². The van der Waals surface area contributed by atoms with Crippen molar-refractivity contribution in [1.82, 2.24) is 4.98 Å². The molecule has 0 radical (unpaired) electrons. The third-order valence-corrected chi connectivity index (χ3v) is 2.22. The molecule has 1 heterocycles. The highest BCUT2D eigenvalue weighted by molar-refractivity contribution is 6.35. The first-order valence-electron chi connectivity index (χ1n) is 3.77. The smallest absolute Gasteiger partial charge is 0.278 e. The van der Waals surface area contributed by atoms with E-state index in [9.17, 15) is 8.78 Å². The average molecular weight is 242 g/mol. The molecule has 0 aliphatic rings. The van der Waals surface area contributed by atoms with Gasteiger partial charge in [0, 0.05) is 25.4 Å². The van der Waals surface area contributed by atoms with Crippen LogP contribution < -0.4 is 0 Å². The Hall–Kier alpha value is -0.450. The lowest BCUT2D eigenvalue weighted by atomic mass is 10.1. The summed E-state index contributed by atoms with van der Waals surface area (Å²) in [6, 6.07) is 0. The van der Waals surface area contributed by atoms with Crippen LogP contribution in [0.15, 0.2) is 12.4 Å². The Morgan fingerprint density at radius 2 is 1.79 bits per heavy atom. The molecule has 0 aliphatic carbocycles. The lowest BCUT2D eigenvalue weighted by Crippen LogP contribution is -2.16. The summed E-state index contributed by atoms with van der Waals surface area (Å²) in [5, 5.41) is 8.07. The maximum Gasteiger partial charge on any atom is 0.278 e. The molecule has 1 rings (SSSR count). The van der Waals surface area contributed by atoms with Gasteiger partial charge in [-0.05, 0) is 0 Å². The van der Waals surface area contributed by atoms with Gasteiger partial charge in [0.05, 0.1) is 15.6 Å². The maximum atomic E-state index is 13.3. The summed E-state index contributed by atoms with van der Waals surface area (Å²) in [7, 11) is 0. The minimum Gasteiger partial charge on any atom is -0.396 e. The summed E-state index contributed by atoms with van der Waals surface area (Å²) in [5.41, 5.74) is -0.482. The Labute approximate surface area is 89.5 Å². The van der Waals surface area contributed by atoms with Crippen LogP contribution in [0.2, 0.25) is 10.0 Å². The van der Waals surface area contributed by atoms with E-state index in [1.807, 2.05) is 0 Å². The van der Waals surface area contributed by atoms with Gasteiger partial charge in [-0.25, -0.2) is 8.78 Å². The third kappa shape index (κ3) is 2.32. The second-order valence-electron chi connectivity index (χ2n) is 2.66. The van der Waals surface area contributed by atoms with Crippen LogP contribution in [0.3, 0.4) is 0 Å². The van der Waals surface area contributed by atoms with Gasteiger partial charge in [0.25, 0.3) is 5.92 Å². The van der Waals surface area contributed by atoms with Crippen LogP contribution in [0.1, 0.15) is 12.0 Å². The first-order chi connectivity index (χ1) is 6.49. The molecule has 1 aromatic rings. The Morgan fingerprint density at radius 1 is 1.29 bits per heavy atom. The molecule has 0 saturated heterocycles. The largest absolute Gasteiger partial charge is 0.396 e. The van der Waals surface area contributed by atoms with Crippen molar-refractivity contribution in [2.45, 2.75) is 12.3 Å². The summed E-state index contributed by atoms with van der Waals surface area (Å²) in [4.78, 5) is 3.56. The van der Waals surface area contributed by atoms with Gasteiger partial charge in [0.2, 0.25) is 0 Å². The SMILES string of the molecule is OCCC(F)(F)c1c(Cl)cncc1Cl. The van der Waals surface area contributed by atoms with Crippen LogP contribution in [0.25, 0.3) is 0 Å². The molecule has 0 fully saturated rings. The van der Waals surface area contributed by atoms with Crippen molar-refractivity contribution in [3.63, 3.8) is 0 Å². The number of pyridine rings is 1. The monoisotopic (exact) mass is 241 g/mol. The molecule has 0 saturated carbocycles. The predicted molar refractivity (Wildman–Crippen MR) is 49.9 cm³/mol. The third-order valence-electron chi connectivity index (χ3n) is 1.64. The van der Waals surface area contributed by atoms with E-state index in [1.54, 1.807) is 0 Å². The van der Waals surface area contributed by atoms with E-state index < -0.39 is 24.5 Å². The van der Waals surface area contributed by atoms with Crippen molar-refractivity contribution in [3.05, 3.63) is 28.0 Å². The van der Waals surface area contributed by atoms with E-state index in [2.05, 4.69) is 4.98 Å². The first-order valence-corrected chi connectivity index (χ1v) is 4.53. The number of halogens is 4. The minimum atomic E-state index is -3.23.